The quantitative estimate of drug-likeness (QED) is 0.177. The van der Waals surface area contributed by atoms with Crippen LogP contribution < -0.4 is 4.74 Å². The lowest BCUT2D eigenvalue weighted by Crippen LogP contribution is -2.27. The SMILES string of the molecule is C#CC(C)(OC(=O)c1cccc(-[s+]2ccc3ccccc32)c1)c1ccc(OC(F)(F)F)cc1. The van der Waals surface area contributed by atoms with Crippen molar-refractivity contribution in [3.8, 4) is 23.0 Å². The molecule has 3 nitrogen and oxygen atoms in total. The van der Waals surface area contributed by atoms with Gasteiger partial charge in [0.2, 0.25) is 0 Å². The van der Waals surface area contributed by atoms with Gasteiger partial charge in [-0.2, -0.15) is 0 Å². The molecule has 2 unspecified atom stereocenters. The Hall–Kier alpha value is -3.76. The van der Waals surface area contributed by atoms with Crippen LogP contribution in [0.3, 0.4) is 0 Å². The standard InChI is InChI=1S/C26H18F3O3S/c1-3-25(2,20-11-13-21(14-12-20)31-26(27,28)29)32-24(30)19-8-6-9-22(17-19)33-16-15-18-7-4-5-10-23(18)33/h1,4-17H,2H3/q+1. The third-order valence-corrected chi connectivity index (χ3v) is 7.09. The van der Waals surface area contributed by atoms with E-state index < -0.39 is 23.7 Å². The van der Waals surface area contributed by atoms with Gasteiger partial charge in [0.1, 0.15) is 11.1 Å². The van der Waals surface area contributed by atoms with Crippen LogP contribution in [0.5, 0.6) is 5.75 Å². The van der Waals surface area contributed by atoms with E-state index in [1.165, 1.54) is 23.8 Å². The summed E-state index contributed by atoms with van der Waals surface area (Å²) in [7, 11) is -0.299. The highest BCUT2D eigenvalue weighted by atomic mass is 32.2. The summed E-state index contributed by atoms with van der Waals surface area (Å²) in [5, 5.41) is 3.25. The third-order valence-electron chi connectivity index (χ3n) is 5.07. The van der Waals surface area contributed by atoms with E-state index in [2.05, 4.69) is 28.2 Å². The molecule has 3 aromatic carbocycles. The van der Waals surface area contributed by atoms with Gasteiger partial charge in [0.05, 0.1) is 5.56 Å². The molecule has 0 aliphatic carbocycles. The van der Waals surface area contributed by atoms with Gasteiger partial charge in [-0.1, -0.05) is 36.3 Å². The molecule has 0 saturated carbocycles. The van der Waals surface area contributed by atoms with Crippen molar-refractivity contribution in [3.63, 3.8) is 0 Å². The summed E-state index contributed by atoms with van der Waals surface area (Å²) in [6, 6.07) is 22.2. The van der Waals surface area contributed by atoms with Crippen molar-refractivity contribution in [2.75, 3.05) is 0 Å². The molecule has 0 N–H and O–H groups in total. The molecule has 4 rings (SSSR count). The second kappa shape index (κ2) is 8.64. The average Bonchev–Trinajstić information content (AvgIpc) is 3.23. The zero-order valence-electron chi connectivity index (χ0n) is 17.4. The number of carbonyl (C=O) groups excluding carboxylic acids is 1. The van der Waals surface area contributed by atoms with Crippen molar-refractivity contribution in [1.82, 2.24) is 0 Å². The van der Waals surface area contributed by atoms with Gasteiger partial charge in [-0.05, 0) is 43.3 Å². The number of thiophene rings is 1. The highest BCUT2D eigenvalue weighted by Crippen LogP contribution is 2.40. The van der Waals surface area contributed by atoms with Gasteiger partial charge in [0.15, 0.2) is 15.2 Å². The molecule has 4 aromatic rings. The van der Waals surface area contributed by atoms with Crippen LogP contribution in [0, 0.1) is 12.3 Å². The molecule has 7 heteroatoms. The van der Waals surface area contributed by atoms with E-state index in [9.17, 15) is 18.0 Å². The molecular weight excluding hydrogens is 449 g/mol. The Morgan fingerprint density at radius 2 is 1.70 bits per heavy atom. The first-order valence-corrected chi connectivity index (χ1v) is 11.2. The second-order valence-corrected chi connectivity index (χ2v) is 9.20. The summed E-state index contributed by atoms with van der Waals surface area (Å²) >= 11 is 0. The van der Waals surface area contributed by atoms with Crippen LogP contribution in [-0.4, -0.2) is 12.3 Å². The average molecular weight is 467 g/mol. The maximum absolute atomic E-state index is 13.0. The van der Waals surface area contributed by atoms with Gasteiger partial charge >= 0.3 is 12.3 Å². The molecule has 0 bridgehead atoms. The molecule has 33 heavy (non-hydrogen) atoms. The molecule has 0 aliphatic rings. The maximum atomic E-state index is 13.0. The van der Waals surface area contributed by atoms with Crippen LogP contribution >= 0.6 is 10.5 Å². The molecule has 0 aliphatic heterocycles. The van der Waals surface area contributed by atoms with E-state index in [4.69, 9.17) is 11.2 Å². The Morgan fingerprint density at radius 1 is 0.970 bits per heavy atom. The van der Waals surface area contributed by atoms with Gasteiger partial charge in [-0.3, -0.25) is 0 Å². The fourth-order valence-electron chi connectivity index (χ4n) is 3.39. The molecule has 0 amide bonds. The third kappa shape index (κ3) is 4.86. The van der Waals surface area contributed by atoms with Crippen molar-refractivity contribution in [3.05, 3.63) is 95.4 Å². The molecule has 1 aromatic heterocycles. The number of terminal acetylenes is 1. The van der Waals surface area contributed by atoms with E-state index in [0.717, 1.165) is 22.4 Å². The number of benzene rings is 3. The van der Waals surface area contributed by atoms with Crippen molar-refractivity contribution in [2.45, 2.75) is 18.9 Å². The topological polar surface area (TPSA) is 35.5 Å². The van der Waals surface area contributed by atoms with Gasteiger partial charge in [-0.15, -0.1) is 19.6 Å². The van der Waals surface area contributed by atoms with Crippen molar-refractivity contribution < 1.29 is 27.4 Å². The number of hydrogen-bond acceptors (Lipinski definition) is 3. The number of alkyl halides is 3. The highest BCUT2D eigenvalue weighted by molar-refractivity contribution is 7.43. The Morgan fingerprint density at radius 3 is 2.39 bits per heavy atom. The Labute approximate surface area is 191 Å². The summed E-state index contributed by atoms with van der Waals surface area (Å²) in [6.45, 7) is 1.51. The molecule has 0 radical (unpaired) electrons. The van der Waals surface area contributed by atoms with E-state index in [1.807, 2.05) is 24.3 Å². The van der Waals surface area contributed by atoms with Crippen molar-refractivity contribution >= 4 is 26.5 Å². The minimum Gasteiger partial charge on any atom is -0.438 e. The van der Waals surface area contributed by atoms with Crippen molar-refractivity contribution in [2.24, 2.45) is 0 Å². The molecule has 0 spiro atoms. The Bertz CT molecular complexity index is 1350. The van der Waals surface area contributed by atoms with Gasteiger partial charge in [-0.25, -0.2) is 4.79 Å². The zero-order chi connectivity index (χ0) is 23.6. The van der Waals surface area contributed by atoms with Crippen LogP contribution in [0.15, 0.2) is 84.2 Å². The molecular formula is C26H18F3O3S+. The van der Waals surface area contributed by atoms with Crippen LogP contribution in [0.2, 0.25) is 0 Å². The number of esters is 1. The number of ether oxygens (including phenoxy) is 2. The van der Waals surface area contributed by atoms with Crippen LogP contribution in [0.25, 0.3) is 15.0 Å². The lowest BCUT2D eigenvalue weighted by Gasteiger charge is -2.24. The Balaban J connectivity index is 1.58. The summed E-state index contributed by atoms with van der Waals surface area (Å²) in [5.41, 5.74) is -0.804. The minimum atomic E-state index is -4.80. The summed E-state index contributed by atoms with van der Waals surface area (Å²) in [6.07, 6.45) is 0.840. The van der Waals surface area contributed by atoms with E-state index >= 15 is 0 Å². The molecule has 0 fully saturated rings. The van der Waals surface area contributed by atoms with Crippen LogP contribution in [0.4, 0.5) is 13.2 Å². The first-order valence-electron chi connectivity index (χ1n) is 9.86. The summed E-state index contributed by atoms with van der Waals surface area (Å²) < 4.78 is 47.9. The largest absolute Gasteiger partial charge is 0.573 e. The van der Waals surface area contributed by atoms with E-state index in [1.54, 1.807) is 18.2 Å². The van der Waals surface area contributed by atoms with Gasteiger partial charge < -0.3 is 9.47 Å². The van der Waals surface area contributed by atoms with Crippen molar-refractivity contribution in [1.29, 1.82) is 0 Å². The predicted molar refractivity (Wildman–Crippen MR) is 122 cm³/mol. The minimum absolute atomic E-state index is 0.299. The maximum Gasteiger partial charge on any atom is 0.573 e. The molecule has 0 saturated heterocycles. The van der Waals surface area contributed by atoms with Crippen LogP contribution in [-0.2, 0) is 10.3 Å². The second-order valence-electron chi connectivity index (χ2n) is 7.35. The van der Waals surface area contributed by atoms with E-state index in [0.29, 0.717) is 11.1 Å². The van der Waals surface area contributed by atoms with Gasteiger partial charge in [0, 0.05) is 33.6 Å². The lowest BCUT2D eigenvalue weighted by molar-refractivity contribution is -0.274. The van der Waals surface area contributed by atoms with Crippen LogP contribution in [0.1, 0.15) is 22.8 Å². The molecule has 2 atom stereocenters. The fraction of sp³-hybridized carbons (Fsp3) is 0.115. The summed E-state index contributed by atoms with van der Waals surface area (Å²) in [5.74, 6) is 1.41. The number of hydrogen-bond donors (Lipinski definition) is 0. The molecule has 1 heterocycles. The zero-order valence-corrected chi connectivity index (χ0v) is 18.2. The number of fused-ring (bicyclic) bond motifs is 1. The number of halogens is 3. The Kier molecular flexibility index (Phi) is 5.88. The highest BCUT2D eigenvalue weighted by Gasteiger charge is 2.33. The molecule has 166 valence electrons. The normalized spacial score (nSPS) is 13.7. The predicted octanol–water partition coefficient (Wildman–Crippen LogP) is 7.18. The summed E-state index contributed by atoms with van der Waals surface area (Å²) in [4.78, 5) is 13.9. The van der Waals surface area contributed by atoms with Gasteiger partial charge in [0.25, 0.3) is 0 Å². The number of carbonyl (C=O) groups is 1. The number of rotatable bonds is 5. The van der Waals surface area contributed by atoms with E-state index in [-0.39, 0.29) is 10.5 Å². The lowest BCUT2D eigenvalue weighted by atomic mass is 9.96. The first-order chi connectivity index (χ1) is 15.7. The smallest absolute Gasteiger partial charge is 0.438 e. The first kappa shape index (κ1) is 22.4. The monoisotopic (exact) mass is 467 g/mol. The fourth-order valence-corrected chi connectivity index (χ4v) is 5.32.